The van der Waals surface area contributed by atoms with E-state index in [0.29, 0.717) is 12.8 Å². The van der Waals surface area contributed by atoms with Crippen LogP contribution in [0.25, 0.3) is 0 Å². The number of allylic oxidation sites excluding steroid dienone is 1. The molecule has 0 bridgehead atoms. The van der Waals surface area contributed by atoms with Crippen LogP contribution in [0, 0.1) is 160 Å². The van der Waals surface area contributed by atoms with E-state index in [1.807, 2.05) is 12.2 Å². The number of amides is 1. The van der Waals surface area contributed by atoms with Crippen LogP contribution in [0.3, 0.4) is 0 Å². The van der Waals surface area contributed by atoms with Crippen molar-refractivity contribution in [3.05, 3.63) is 50.6 Å². The van der Waals surface area contributed by atoms with Gasteiger partial charge in [-0.15, -0.1) is 26.3 Å². The van der Waals surface area contributed by atoms with Crippen LogP contribution in [0.5, 0.6) is 0 Å². The molecular formula is C57H56FNO3. The topological polar surface area (TPSA) is 47.6 Å². The highest BCUT2D eigenvalue weighted by Gasteiger charge is 2.42. The summed E-state index contributed by atoms with van der Waals surface area (Å²) in [6.45, 7) is 19.7. The normalized spacial score (nSPS) is 16.7. The van der Waals surface area contributed by atoms with Gasteiger partial charge in [0, 0.05) is 53.3 Å². The Bertz CT molecular complexity index is 2280. The molecule has 1 N–H and O–H groups in total. The predicted molar refractivity (Wildman–Crippen MR) is 252 cm³/mol. The number of unbranched alkanes of at least 4 members (excludes halogenated alkanes) is 11. The number of ether oxygens (including phenoxy) is 2. The number of nitrogens with one attached hydrogen (secondary N) is 1. The number of carbonyl (C=O) groups excluding carboxylic acids is 1. The van der Waals surface area contributed by atoms with Gasteiger partial charge in [-0.2, -0.15) is 0 Å². The molecule has 0 spiro atoms. The molecule has 0 aromatic rings. The molecule has 1 heterocycles. The molecule has 0 aromatic carbocycles. The number of halogens is 1. The Hall–Kier alpha value is -7.00. The number of alkyl halides is 1. The highest BCUT2D eigenvalue weighted by molar-refractivity contribution is 5.94. The van der Waals surface area contributed by atoms with Gasteiger partial charge in [0.15, 0.2) is 6.29 Å². The molecule has 5 heteroatoms. The minimum Gasteiger partial charge on any atom is -0.350 e. The number of rotatable bonds is 23. The minimum absolute atomic E-state index is 0.0270. The Morgan fingerprint density at radius 2 is 1.00 bits per heavy atom. The van der Waals surface area contributed by atoms with Crippen molar-refractivity contribution >= 4 is 5.91 Å². The molecule has 0 aromatic heterocycles. The fourth-order valence-electron chi connectivity index (χ4n) is 6.25. The zero-order valence-electron chi connectivity index (χ0n) is 36.4. The molecule has 1 aliphatic heterocycles. The van der Waals surface area contributed by atoms with Gasteiger partial charge in [-0.3, -0.25) is 4.79 Å². The van der Waals surface area contributed by atoms with E-state index < -0.39 is 24.4 Å². The summed E-state index contributed by atoms with van der Waals surface area (Å²) in [7, 11) is 0. The monoisotopic (exact) mass is 821 g/mol. The van der Waals surface area contributed by atoms with Crippen molar-refractivity contribution in [3.63, 3.8) is 0 Å². The summed E-state index contributed by atoms with van der Waals surface area (Å²) < 4.78 is 28.4. The fraction of sp³-hybridized carbons (Fsp3) is 0.421. The zero-order chi connectivity index (χ0) is 45.1. The van der Waals surface area contributed by atoms with E-state index in [4.69, 9.17) is 9.47 Å². The molecule has 1 fully saturated rings. The van der Waals surface area contributed by atoms with Crippen molar-refractivity contribution in [2.24, 2.45) is 17.8 Å². The van der Waals surface area contributed by atoms with E-state index in [-0.39, 0.29) is 36.9 Å². The first-order valence-electron chi connectivity index (χ1n) is 21.1. The van der Waals surface area contributed by atoms with Crippen molar-refractivity contribution in [3.8, 4) is 142 Å². The fourth-order valence-corrected chi connectivity index (χ4v) is 6.25. The lowest BCUT2D eigenvalue weighted by atomic mass is 9.75. The SMILES string of the molecule is C=CCC1O[C@@H](OC[C@H](NC(=O)C#CC#CC#CC#CC#CC#CC#CC#CC#CC#CC#CC#CC)[C@H](F)CCCCCCCCCCCCCC)[C@H](C=C)C(C=C)[C@H]1C=C. The molecule has 0 saturated carbocycles. The van der Waals surface area contributed by atoms with Gasteiger partial charge in [-0.05, 0) is 120 Å². The highest BCUT2D eigenvalue weighted by atomic mass is 19.1. The quantitative estimate of drug-likeness (QED) is 0.0638. The summed E-state index contributed by atoms with van der Waals surface area (Å²) in [5.74, 6) is 59.4. The van der Waals surface area contributed by atoms with Crippen molar-refractivity contribution < 1.29 is 18.7 Å². The van der Waals surface area contributed by atoms with Gasteiger partial charge in [-0.25, -0.2) is 4.39 Å². The smallest absolute Gasteiger partial charge is 0.297 e. The molecule has 1 rings (SSSR count). The summed E-state index contributed by atoms with van der Waals surface area (Å²) in [5.41, 5.74) is 0. The molecule has 0 radical (unpaired) electrons. The van der Waals surface area contributed by atoms with Crippen LogP contribution in [0.15, 0.2) is 50.6 Å². The Morgan fingerprint density at radius 3 is 1.40 bits per heavy atom. The van der Waals surface area contributed by atoms with E-state index in [0.717, 1.165) is 19.3 Å². The van der Waals surface area contributed by atoms with Crippen molar-refractivity contribution in [2.75, 3.05) is 6.61 Å². The van der Waals surface area contributed by atoms with Gasteiger partial charge in [0.05, 0.1) is 18.8 Å². The number of carbonyl (C=O) groups is 1. The van der Waals surface area contributed by atoms with Crippen LogP contribution in [0.4, 0.5) is 4.39 Å². The first kappa shape index (κ1) is 53.0. The van der Waals surface area contributed by atoms with Crippen LogP contribution in [-0.4, -0.2) is 37.1 Å². The first-order valence-corrected chi connectivity index (χ1v) is 21.1. The highest BCUT2D eigenvalue weighted by Crippen LogP contribution is 2.39. The van der Waals surface area contributed by atoms with Crippen LogP contribution in [0.1, 0.15) is 104 Å². The van der Waals surface area contributed by atoms with Gasteiger partial charge in [0.25, 0.3) is 5.91 Å². The van der Waals surface area contributed by atoms with Crippen molar-refractivity contribution in [1.29, 1.82) is 0 Å². The Morgan fingerprint density at radius 1 is 0.597 bits per heavy atom. The molecule has 0 aliphatic carbocycles. The molecule has 2 unspecified atom stereocenters. The lowest BCUT2D eigenvalue weighted by Crippen LogP contribution is -2.50. The van der Waals surface area contributed by atoms with E-state index in [9.17, 15) is 4.79 Å². The molecule has 62 heavy (non-hydrogen) atoms. The zero-order valence-corrected chi connectivity index (χ0v) is 36.4. The third-order valence-corrected chi connectivity index (χ3v) is 9.30. The average Bonchev–Trinajstić information content (AvgIpc) is 3.28. The summed E-state index contributed by atoms with van der Waals surface area (Å²) in [6, 6.07) is -0.964. The van der Waals surface area contributed by atoms with Crippen molar-refractivity contribution in [1.82, 2.24) is 5.32 Å². The maximum absolute atomic E-state index is 15.9. The largest absolute Gasteiger partial charge is 0.350 e. The lowest BCUT2D eigenvalue weighted by molar-refractivity contribution is -0.236. The van der Waals surface area contributed by atoms with Crippen LogP contribution in [-0.2, 0) is 14.3 Å². The van der Waals surface area contributed by atoms with Gasteiger partial charge in [0.1, 0.15) is 6.17 Å². The van der Waals surface area contributed by atoms with Crippen LogP contribution >= 0.6 is 0 Å². The second kappa shape index (κ2) is 38.2. The lowest BCUT2D eigenvalue weighted by Gasteiger charge is -2.44. The Labute approximate surface area is 374 Å². The van der Waals surface area contributed by atoms with Gasteiger partial charge in [-0.1, -0.05) is 114 Å². The maximum Gasteiger partial charge on any atom is 0.297 e. The van der Waals surface area contributed by atoms with Gasteiger partial charge < -0.3 is 14.8 Å². The Kier molecular flexibility index (Phi) is 32.7. The van der Waals surface area contributed by atoms with Crippen LogP contribution < -0.4 is 5.32 Å². The molecule has 1 aliphatic rings. The number of hydrogen-bond donors (Lipinski definition) is 1. The molecular weight excluding hydrogens is 766 g/mol. The standard InChI is InChI=1S/C57H56FNO3/c1-7-13-15-17-19-21-23-25-26-27-28-29-30-31-32-33-34-35-37-39-41-43-45-48-56(60)59-54(53(58)47-44-42-40-38-36-24-22-20-18-16-14-8-2)49-61-57-52(12-6)50(10-4)51(11-5)55(62-57)46-9-3/h9-12,50-55,57H,3-6,8,14,16,18,20,22,24,36,38,40,42,44,46-47,49H2,1-2H3,(H,59,60)/t50?,51-,52-,53-,54+,55?,57-/m1/s1. The van der Waals surface area contributed by atoms with Gasteiger partial charge >= 0.3 is 0 Å². The van der Waals surface area contributed by atoms with E-state index >= 15 is 4.39 Å². The number of hydrogen-bond acceptors (Lipinski definition) is 3. The summed E-state index contributed by atoms with van der Waals surface area (Å²) >= 11 is 0. The summed E-state index contributed by atoms with van der Waals surface area (Å²) in [5, 5.41) is 2.70. The predicted octanol–water partition coefficient (Wildman–Crippen LogP) is 8.69. The maximum atomic E-state index is 15.9. The van der Waals surface area contributed by atoms with Crippen molar-refractivity contribution in [2.45, 2.75) is 128 Å². The third kappa shape index (κ3) is 26.2. The summed E-state index contributed by atoms with van der Waals surface area (Å²) in [6.07, 6.45) is 19.9. The third-order valence-electron chi connectivity index (χ3n) is 9.30. The molecule has 1 saturated heterocycles. The molecule has 1 amide bonds. The first-order chi connectivity index (χ1) is 30.5. The second-order valence-corrected chi connectivity index (χ2v) is 13.7. The Balaban J connectivity index is 2.84. The minimum atomic E-state index is -1.36. The second-order valence-electron chi connectivity index (χ2n) is 13.7. The molecule has 7 atom stereocenters. The summed E-state index contributed by atoms with van der Waals surface area (Å²) in [4.78, 5) is 12.9. The molecule has 314 valence electrons. The molecule has 4 nitrogen and oxygen atoms in total. The van der Waals surface area contributed by atoms with E-state index in [1.165, 1.54) is 51.4 Å². The van der Waals surface area contributed by atoms with Gasteiger partial charge in [0.2, 0.25) is 0 Å². The average molecular weight is 822 g/mol. The van der Waals surface area contributed by atoms with E-state index in [2.05, 4.69) is 181 Å². The van der Waals surface area contributed by atoms with E-state index in [1.54, 1.807) is 19.1 Å². The van der Waals surface area contributed by atoms with Crippen LogP contribution in [0.2, 0.25) is 0 Å².